The minimum absolute atomic E-state index is 0.254. The van der Waals surface area contributed by atoms with Crippen LogP contribution in [0.15, 0.2) is 41.7 Å². The minimum atomic E-state index is 0.254. The Morgan fingerprint density at radius 2 is 2.17 bits per heavy atom. The first-order chi connectivity index (χ1) is 14.2. The number of ether oxygens (including phenoxy) is 1. The monoisotopic (exact) mass is 429 g/mol. The van der Waals surface area contributed by atoms with Crippen LogP contribution in [0.2, 0.25) is 0 Å². The highest BCUT2D eigenvalue weighted by Gasteiger charge is 2.22. The molecule has 3 aromatic rings. The molecule has 0 bridgehead atoms. The molecular formula is C21H27N5OS2. The fourth-order valence-electron chi connectivity index (χ4n) is 3.47. The highest BCUT2D eigenvalue weighted by atomic mass is 32.2. The molecule has 6 nitrogen and oxygen atoms in total. The van der Waals surface area contributed by atoms with Gasteiger partial charge in [-0.2, -0.15) is 0 Å². The van der Waals surface area contributed by atoms with Crippen LogP contribution in [0.25, 0.3) is 0 Å². The summed E-state index contributed by atoms with van der Waals surface area (Å²) in [5, 5.41) is 9.99. The maximum absolute atomic E-state index is 5.89. The first-order valence-electron chi connectivity index (χ1n) is 9.97. The van der Waals surface area contributed by atoms with Gasteiger partial charge in [0.25, 0.3) is 0 Å². The van der Waals surface area contributed by atoms with Gasteiger partial charge in [0.1, 0.15) is 5.82 Å². The van der Waals surface area contributed by atoms with Crippen molar-refractivity contribution in [2.45, 2.75) is 56.4 Å². The Balaban J connectivity index is 1.46. The number of thiophene rings is 1. The van der Waals surface area contributed by atoms with Gasteiger partial charge in [-0.3, -0.25) is 9.88 Å². The minimum Gasteiger partial charge on any atom is -0.376 e. The van der Waals surface area contributed by atoms with Gasteiger partial charge in [-0.15, -0.1) is 21.5 Å². The first kappa shape index (κ1) is 20.5. The topological polar surface area (TPSA) is 56.1 Å². The van der Waals surface area contributed by atoms with Crippen LogP contribution in [0.4, 0.5) is 0 Å². The predicted molar refractivity (Wildman–Crippen MR) is 117 cm³/mol. The van der Waals surface area contributed by atoms with Gasteiger partial charge < -0.3 is 9.30 Å². The Morgan fingerprint density at radius 3 is 2.90 bits per heavy atom. The van der Waals surface area contributed by atoms with E-state index in [1.54, 1.807) is 11.8 Å². The maximum Gasteiger partial charge on any atom is 0.191 e. The van der Waals surface area contributed by atoms with Crippen LogP contribution < -0.4 is 0 Å². The average Bonchev–Trinajstić information content (AvgIpc) is 3.45. The summed E-state index contributed by atoms with van der Waals surface area (Å²) in [5.41, 5.74) is 1.05. The largest absolute Gasteiger partial charge is 0.376 e. The molecule has 1 aliphatic heterocycles. The molecule has 1 aliphatic rings. The molecule has 1 saturated heterocycles. The van der Waals surface area contributed by atoms with Crippen molar-refractivity contribution in [2.24, 2.45) is 0 Å². The number of hydrogen-bond acceptors (Lipinski definition) is 7. The average molecular weight is 430 g/mol. The van der Waals surface area contributed by atoms with Gasteiger partial charge in [0.2, 0.25) is 0 Å². The van der Waals surface area contributed by atoms with Gasteiger partial charge in [0.15, 0.2) is 5.16 Å². The van der Waals surface area contributed by atoms with E-state index >= 15 is 0 Å². The molecule has 0 radical (unpaired) electrons. The molecule has 0 N–H and O–H groups in total. The first-order valence-corrected chi connectivity index (χ1v) is 11.8. The lowest BCUT2D eigenvalue weighted by atomic mass is 10.2. The summed E-state index contributed by atoms with van der Waals surface area (Å²) in [6.45, 7) is 5.51. The molecule has 1 atom stereocenters. The summed E-state index contributed by atoms with van der Waals surface area (Å²) < 4.78 is 8.14. The van der Waals surface area contributed by atoms with Crippen LogP contribution in [-0.2, 0) is 30.1 Å². The fraction of sp³-hybridized carbons (Fsp3) is 0.476. The number of hydrogen-bond donors (Lipinski definition) is 0. The summed E-state index contributed by atoms with van der Waals surface area (Å²) in [6, 6.07) is 10.4. The lowest BCUT2D eigenvalue weighted by molar-refractivity contribution is 0.0934. The van der Waals surface area contributed by atoms with Crippen molar-refractivity contribution in [3.8, 4) is 0 Å². The van der Waals surface area contributed by atoms with Crippen LogP contribution in [0.5, 0.6) is 0 Å². The van der Waals surface area contributed by atoms with E-state index in [1.165, 1.54) is 9.75 Å². The van der Waals surface area contributed by atoms with Crippen LogP contribution in [-0.4, -0.2) is 44.4 Å². The van der Waals surface area contributed by atoms with E-state index in [4.69, 9.17) is 4.74 Å². The molecule has 0 spiro atoms. The number of nitrogens with zero attached hydrogens (tertiary/aromatic N) is 5. The number of aryl methyl sites for hydroxylation is 1. The molecule has 154 valence electrons. The summed E-state index contributed by atoms with van der Waals surface area (Å²) in [7, 11) is 2.14. The highest BCUT2D eigenvalue weighted by molar-refractivity contribution is 7.98. The molecule has 0 saturated carbocycles. The molecule has 0 aliphatic carbocycles. The van der Waals surface area contributed by atoms with Crippen molar-refractivity contribution >= 4 is 23.1 Å². The number of rotatable bonds is 9. The zero-order valence-corrected chi connectivity index (χ0v) is 18.6. The molecule has 4 heterocycles. The lowest BCUT2D eigenvalue weighted by Gasteiger charge is -2.18. The molecular weight excluding hydrogens is 402 g/mol. The molecule has 0 aromatic carbocycles. The third-order valence-electron chi connectivity index (χ3n) is 4.91. The van der Waals surface area contributed by atoms with Crippen molar-refractivity contribution < 1.29 is 4.74 Å². The van der Waals surface area contributed by atoms with E-state index in [0.717, 1.165) is 61.5 Å². The van der Waals surface area contributed by atoms with Gasteiger partial charge in [0.05, 0.1) is 24.9 Å². The summed E-state index contributed by atoms with van der Waals surface area (Å²) in [5.74, 6) is 1.79. The summed E-state index contributed by atoms with van der Waals surface area (Å²) in [6.07, 6.45) is 4.33. The zero-order valence-electron chi connectivity index (χ0n) is 17.0. The molecule has 29 heavy (non-hydrogen) atoms. The molecule has 1 fully saturated rings. The smallest absolute Gasteiger partial charge is 0.191 e. The second-order valence-electron chi connectivity index (χ2n) is 7.44. The Kier molecular flexibility index (Phi) is 6.97. The molecule has 8 heteroatoms. The normalized spacial score (nSPS) is 16.7. The van der Waals surface area contributed by atoms with Crippen molar-refractivity contribution in [1.82, 2.24) is 24.6 Å². The van der Waals surface area contributed by atoms with Crippen molar-refractivity contribution in [1.29, 1.82) is 0 Å². The second-order valence-corrected chi connectivity index (χ2v) is 9.75. The van der Waals surface area contributed by atoms with Crippen molar-refractivity contribution in [3.63, 3.8) is 0 Å². The molecule has 3 aromatic heterocycles. The number of aromatic nitrogens is 4. The molecule has 4 rings (SSSR count). The van der Waals surface area contributed by atoms with E-state index in [-0.39, 0.29) is 6.10 Å². The van der Waals surface area contributed by atoms with Crippen LogP contribution in [0.1, 0.15) is 34.1 Å². The lowest BCUT2D eigenvalue weighted by Crippen LogP contribution is -2.23. The third kappa shape index (κ3) is 5.66. The van der Waals surface area contributed by atoms with Crippen molar-refractivity contribution in [3.05, 3.63) is 57.8 Å². The van der Waals surface area contributed by atoms with E-state index in [9.17, 15) is 0 Å². The van der Waals surface area contributed by atoms with Gasteiger partial charge in [-0.25, -0.2) is 0 Å². The SMILES string of the molecule is Cc1ccc(CN(C)Cc2nnc(SCc3ccccn3)n2C[C@@H]2CCCO2)s1. The summed E-state index contributed by atoms with van der Waals surface area (Å²) >= 11 is 3.55. The molecule has 0 unspecified atom stereocenters. The van der Waals surface area contributed by atoms with Gasteiger partial charge >= 0.3 is 0 Å². The van der Waals surface area contributed by atoms with E-state index in [1.807, 2.05) is 35.7 Å². The summed E-state index contributed by atoms with van der Waals surface area (Å²) in [4.78, 5) is 9.45. The fourth-order valence-corrected chi connectivity index (χ4v) is 5.33. The van der Waals surface area contributed by atoms with Crippen LogP contribution in [0.3, 0.4) is 0 Å². The molecule has 0 amide bonds. The quantitative estimate of drug-likeness (QED) is 0.477. The third-order valence-corrected chi connectivity index (χ3v) is 6.90. The number of thioether (sulfide) groups is 1. The second kappa shape index (κ2) is 9.84. The Labute approximate surface area is 180 Å². The standard InChI is InChI=1S/C21H27N5OS2/c1-16-8-9-19(29-16)13-25(2)14-20-23-24-21(26(20)12-18-7-5-11-27-18)28-15-17-6-3-4-10-22-17/h3-4,6,8-10,18H,5,7,11-15H2,1-2H3/t18-/m0/s1. The Bertz CT molecular complexity index is 905. The van der Waals surface area contributed by atoms with Crippen LogP contribution >= 0.6 is 23.1 Å². The van der Waals surface area contributed by atoms with Gasteiger partial charge in [-0.1, -0.05) is 17.8 Å². The van der Waals surface area contributed by atoms with Crippen LogP contribution in [0, 0.1) is 6.92 Å². The Morgan fingerprint density at radius 1 is 1.24 bits per heavy atom. The highest BCUT2D eigenvalue weighted by Crippen LogP contribution is 2.25. The Hall–Kier alpha value is -1.74. The van der Waals surface area contributed by atoms with E-state index < -0.39 is 0 Å². The predicted octanol–water partition coefficient (Wildman–Crippen LogP) is 4.15. The van der Waals surface area contributed by atoms with Crippen molar-refractivity contribution in [2.75, 3.05) is 13.7 Å². The van der Waals surface area contributed by atoms with E-state index in [2.05, 4.69) is 50.8 Å². The maximum atomic E-state index is 5.89. The zero-order chi connectivity index (χ0) is 20.1. The van der Waals surface area contributed by atoms with Gasteiger partial charge in [-0.05, 0) is 51.1 Å². The van der Waals surface area contributed by atoms with Gasteiger partial charge in [0, 0.05) is 34.9 Å². The van der Waals surface area contributed by atoms with E-state index in [0.29, 0.717) is 0 Å². The number of pyridine rings is 1.